The van der Waals surface area contributed by atoms with Crippen molar-refractivity contribution in [2.75, 3.05) is 11.9 Å². The van der Waals surface area contributed by atoms with Crippen LogP contribution in [0.3, 0.4) is 0 Å². The van der Waals surface area contributed by atoms with Crippen LogP contribution in [-0.2, 0) is 4.74 Å². The molecule has 0 fully saturated rings. The molecular weight excluding hydrogens is 202 g/mol. The fraction of sp³-hybridized carbons (Fsp3) is 0.250. The third kappa shape index (κ3) is 2.90. The third-order valence-electron chi connectivity index (χ3n) is 1.40. The fourth-order valence-electron chi connectivity index (χ4n) is 0.850. The van der Waals surface area contributed by atoms with E-state index in [-0.39, 0.29) is 18.1 Å². The lowest BCUT2D eigenvalue weighted by Gasteiger charge is -2.05. The minimum absolute atomic E-state index is 0.136. The van der Waals surface area contributed by atoms with Crippen molar-refractivity contribution in [3.05, 3.63) is 18.1 Å². The second-order valence-corrected chi connectivity index (χ2v) is 2.40. The number of carboxylic acids is 1. The number of hydrogen-bond acceptors (Lipinski definition) is 5. The van der Waals surface area contributed by atoms with Gasteiger partial charge in [-0.2, -0.15) is 0 Å². The van der Waals surface area contributed by atoms with Gasteiger partial charge in [-0.1, -0.05) is 0 Å². The summed E-state index contributed by atoms with van der Waals surface area (Å²) in [4.78, 5) is 28.9. The van der Waals surface area contributed by atoms with Crippen LogP contribution in [0.2, 0.25) is 0 Å². The number of carbonyl (C=O) groups excluding carboxylic acids is 1. The minimum Gasteiger partial charge on any atom is -0.476 e. The molecule has 1 aromatic rings. The van der Waals surface area contributed by atoms with E-state index < -0.39 is 12.1 Å². The maximum absolute atomic E-state index is 11.0. The molecule has 0 atom stereocenters. The van der Waals surface area contributed by atoms with Crippen LogP contribution in [-0.4, -0.2) is 33.7 Å². The van der Waals surface area contributed by atoms with Gasteiger partial charge in [0.25, 0.3) is 0 Å². The van der Waals surface area contributed by atoms with E-state index in [1.807, 2.05) is 0 Å². The van der Waals surface area contributed by atoms with Crippen molar-refractivity contribution in [2.45, 2.75) is 6.92 Å². The summed E-state index contributed by atoms with van der Waals surface area (Å²) in [6.07, 6.45) is 1.73. The smallest absolute Gasteiger partial charge is 0.412 e. The van der Waals surface area contributed by atoms with Crippen molar-refractivity contribution < 1.29 is 19.4 Å². The van der Waals surface area contributed by atoms with E-state index >= 15 is 0 Å². The monoisotopic (exact) mass is 211 g/mol. The minimum atomic E-state index is -1.27. The molecule has 0 bridgehead atoms. The Hall–Kier alpha value is -2.18. The molecule has 0 saturated carbocycles. The quantitative estimate of drug-likeness (QED) is 0.764. The Kier molecular flexibility index (Phi) is 3.55. The molecule has 0 aliphatic carbocycles. The van der Waals surface area contributed by atoms with Crippen LogP contribution in [0, 0.1) is 0 Å². The lowest BCUT2D eigenvalue weighted by Crippen LogP contribution is -2.17. The number of carbonyl (C=O) groups is 2. The number of aromatic carboxylic acids is 1. The van der Waals surface area contributed by atoms with Crippen molar-refractivity contribution >= 4 is 17.9 Å². The number of aromatic nitrogens is 2. The second-order valence-electron chi connectivity index (χ2n) is 2.40. The number of nitrogens with zero attached hydrogens (tertiary/aromatic N) is 2. The number of carboxylic acid groups (broad SMARTS) is 1. The lowest BCUT2D eigenvalue weighted by molar-refractivity contribution is 0.0691. The Bertz CT molecular complexity index is 380. The molecule has 0 aromatic carbocycles. The van der Waals surface area contributed by atoms with Gasteiger partial charge in [-0.05, 0) is 6.92 Å². The lowest BCUT2D eigenvalue weighted by atomic mass is 10.4. The fourth-order valence-corrected chi connectivity index (χ4v) is 0.850. The van der Waals surface area contributed by atoms with Crippen molar-refractivity contribution in [1.29, 1.82) is 0 Å². The number of nitrogens with one attached hydrogen (secondary N) is 1. The third-order valence-corrected chi connectivity index (χ3v) is 1.40. The Balaban J connectivity index is 2.84. The van der Waals surface area contributed by atoms with Crippen molar-refractivity contribution in [2.24, 2.45) is 0 Å². The molecule has 1 rings (SSSR count). The van der Waals surface area contributed by atoms with E-state index in [9.17, 15) is 9.59 Å². The maximum Gasteiger partial charge on any atom is 0.412 e. The van der Waals surface area contributed by atoms with Gasteiger partial charge >= 0.3 is 12.1 Å². The van der Waals surface area contributed by atoms with E-state index in [4.69, 9.17) is 5.11 Å². The molecule has 1 heterocycles. The van der Waals surface area contributed by atoms with Crippen molar-refractivity contribution in [3.63, 3.8) is 0 Å². The van der Waals surface area contributed by atoms with Gasteiger partial charge in [-0.3, -0.25) is 5.32 Å². The zero-order valence-electron chi connectivity index (χ0n) is 7.93. The first-order chi connectivity index (χ1) is 7.15. The molecular formula is C8H9N3O4. The summed E-state index contributed by atoms with van der Waals surface area (Å²) in [6.45, 7) is 1.82. The Morgan fingerprint density at radius 1 is 1.47 bits per heavy atom. The first-order valence-electron chi connectivity index (χ1n) is 4.13. The Morgan fingerprint density at radius 3 is 2.73 bits per heavy atom. The average molecular weight is 211 g/mol. The molecule has 0 saturated heterocycles. The summed E-state index contributed by atoms with van der Waals surface area (Å²) in [5.74, 6) is -1.40. The number of ether oxygens (including phenoxy) is 1. The molecule has 7 heteroatoms. The highest BCUT2D eigenvalue weighted by atomic mass is 16.5. The second kappa shape index (κ2) is 4.89. The number of rotatable bonds is 3. The molecule has 1 amide bonds. The van der Waals surface area contributed by atoms with Gasteiger partial charge in [0.2, 0.25) is 0 Å². The van der Waals surface area contributed by atoms with Crippen LogP contribution in [0.5, 0.6) is 0 Å². The zero-order valence-corrected chi connectivity index (χ0v) is 7.93. The molecule has 0 radical (unpaired) electrons. The molecule has 80 valence electrons. The normalized spacial score (nSPS) is 9.40. The van der Waals surface area contributed by atoms with Crippen LogP contribution in [0.25, 0.3) is 0 Å². The molecule has 7 nitrogen and oxygen atoms in total. The van der Waals surface area contributed by atoms with Crippen molar-refractivity contribution in [3.8, 4) is 0 Å². The van der Waals surface area contributed by atoms with Crippen LogP contribution < -0.4 is 5.32 Å². The van der Waals surface area contributed by atoms with E-state index in [1.54, 1.807) is 6.92 Å². The summed E-state index contributed by atoms with van der Waals surface area (Å²) in [5, 5.41) is 10.9. The highest BCUT2D eigenvalue weighted by Crippen LogP contribution is 2.07. The van der Waals surface area contributed by atoms with Gasteiger partial charge in [0, 0.05) is 12.4 Å². The SMILES string of the molecule is CCOC(=O)Nc1nccnc1C(=O)O. The molecule has 0 spiro atoms. The van der Waals surface area contributed by atoms with E-state index in [0.29, 0.717) is 0 Å². The zero-order chi connectivity index (χ0) is 11.3. The van der Waals surface area contributed by atoms with E-state index in [0.717, 1.165) is 0 Å². The molecule has 0 aliphatic rings. The molecule has 15 heavy (non-hydrogen) atoms. The van der Waals surface area contributed by atoms with Crippen molar-refractivity contribution in [1.82, 2.24) is 9.97 Å². The maximum atomic E-state index is 11.0. The molecule has 0 aliphatic heterocycles. The first-order valence-corrected chi connectivity index (χ1v) is 4.13. The highest BCUT2D eigenvalue weighted by Gasteiger charge is 2.14. The molecule has 2 N–H and O–H groups in total. The topological polar surface area (TPSA) is 101 Å². The van der Waals surface area contributed by atoms with Gasteiger partial charge in [-0.25, -0.2) is 19.6 Å². The summed E-state index contributed by atoms with van der Waals surface area (Å²) < 4.78 is 4.57. The largest absolute Gasteiger partial charge is 0.476 e. The number of anilines is 1. The predicted molar refractivity (Wildman–Crippen MR) is 49.6 cm³/mol. The summed E-state index contributed by atoms with van der Waals surface area (Å²) in [6, 6.07) is 0. The predicted octanol–water partition coefficient (Wildman–Crippen LogP) is 0.743. The van der Waals surface area contributed by atoms with Crippen LogP contribution in [0.15, 0.2) is 12.4 Å². The van der Waals surface area contributed by atoms with Crippen LogP contribution in [0.1, 0.15) is 17.4 Å². The van der Waals surface area contributed by atoms with Gasteiger partial charge in [0.05, 0.1) is 6.61 Å². The van der Waals surface area contributed by atoms with Gasteiger partial charge in [0.1, 0.15) is 0 Å². The van der Waals surface area contributed by atoms with Gasteiger partial charge < -0.3 is 9.84 Å². The number of hydrogen-bond donors (Lipinski definition) is 2. The van der Waals surface area contributed by atoms with Gasteiger partial charge in [0.15, 0.2) is 11.5 Å². The average Bonchev–Trinajstić information content (AvgIpc) is 2.18. The molecule has 0 unspecified atom stereocenters. The summed E-state index contributed by atoms with van der Waals surface area (Å²) >= 11 is 0. The first kappa shape index (κ1) is 10.9. The van der Waals surface area contributed by atoms with E-state index in [1.165, 1.54) is 12.4 Å². The Labute approximate surface area is 85.1 Å². The molecule has 1 aromatic heterocycles. The highest BCUT2D eigenvalue weighted by molar-refractivity contribution is 5.95. The summed E-state index contributed by atoms with van der Waals surface area (Å²) in [7, 11) is 0. The standard InChI is InChI=1S/C8H9N3O4/c1-2-15-8(14)11-6-5(7(12)13)9-3-4-10-6/h3-4H,2H2,1H3,(H,12,13)(H,10,11,14). The number of amides is 1. The summed E-state index contributed by atoms with van der Waals surface area (Å²) in [5.41, 5.74) is -0.328. The van der Waals surface area contributed by atoms with Crippen LogP contribution >= 0.6 is 0 Å². The van der Waals surface area contributed by atoms with E-state index in [2.05, 4.69) is 20.0 Å². The van der Waals surface area contributed by atoms with Gasteiger partial charge in [-0.15, -0.1) is 0 Å². The Morgan fingerprint density at radius 2 is 2.13 bits per heavy atom. The van der Waals surface area contributed by atoms with Crippen LogP contribution in [0.4, 0.5) is 10.6 Å².